The third-order valence-electron chi connectivity index (χ3n) is 6.20. The summed E-state index contributed by atoms with van der Waals surface area (Å²) >= 11 is 2.05. The molecule has 2 atom stereocenters. The molecule has 21 heteroatoms. The molecule has 1 fully saturated rings. The third kappa shape index (κ3) is 8.40. The van der Waals surface area contributed by atoms with Gasteiger partial charge in [-0.1, -0.05) is 11.2 Å². The number of fused-ring (bicyclic) bond motifs is 1. The number of carboxylic acids is 3. The number of aliphatic carboxylic acids is 3. The summed E-state index contributed by atoms with van der Waals surface area (Å²) in [6.45, 7) is 1.52. The number of oxime groups is 1. The summed E-state index contributed by atoms with van der Waals surface area (Å²) in [6, 6.07) is -0.338. The molecule has 0 aromatic carbocycles. The number of nitrogen functional groups attached to an aromatic ring is 1. The number of pyridine rings is 1. The number of carbonyl (C=O) groups excluding carboxylic acids is 4. The number of amides is 2. The van der Waals surface area contributed by atoms with Crippen LogP contribution in [-0.2, 0) is 35.4 Å². The molecule has 0 saturated carbocycles. The molecule has 2 aromatic rings. The van der Waals surface area contributed by atoms with E-state index in [4.69, 9.17) is 10.6 Å². The summed E-state index contributed by atoms with van der Waals surface area (Å²) < 4.78 is 0.947. The molecule has 4 N–H and O–H groups in total. The van der Waals surface area contributed by atoms with Gasteiger partial charge in [-0.25, -0.2) is 9.78 Å². The zero-order valence-corrected chi connectivity index (χ0v) is 30.3. The van der Waals surface area contributed by atoms with E-state index in [0.717, 1.165) is 58.7 Å². The molecule has 0 radical (unpaired) electrons. The molecule has 4 rings (SSSR count). The summed E-state index contributed by atoms with van der Waals surface area (Å²) in [5, 5.41) is 50.6. The first-order chi connectivity index (χ1) is 20.6. The second-order valence-electron chi connectivity index (χ2n) is 9.70. The molecule has 1 saturated heterocycles. The average Bonchev–Trinajstić information content (AvgIpc) is 3.37. The van der Waals surface area contributed by atoms with Crippen LogP contribution >= 0.6 is 23.1 Å². The fourth-order valence-electron chi connectivity index (χ4n) is 3.95. The topological polar surface area (TPSA) is 273 Å². The van der Waals surface area contributed by atoms with Gasteiger partial charge in [-0.05, 0) is 31.2 Å². The number of β-lactam (4-membered cyclic amide) rings is 1. The second-order valence-corrected chi connectivity index (χ2v) is 11.7. The number of carboxylic acid groups (broad SMARTS) is 3. The van der Waals surface area contributed by atoms with Crippen molar-refractivity contribution >= 4 is 69.7 Å². The van der Waals surface area contributed by atoms with Crippen molar-refractivity contribution in [3.63, 3.8) is 0 Å². The number of nitrogens with one attached hydrogen (secondary N) is 1. The fourth-order valence-corrected chi connectivity index (χ4v) is 5.82. The van der Waals surface area contributed by atoms with Crippen molar-refractivity contribution in [3.05, 3.63) is 56.6 Å². The molecule has 17 nitrogen and oxygen atoms in total. The van der Waals surface area contributed by atoms with Gasteiger partial charge in [-0.15, -0.1) is 23.1 Å². The number of thiazole rings is 1. The summed E-state index contributed by atoms with van der Waals surface area (Å²) in [6.07, 6.45) is 3.28. The number of thioether (sulfide) groups is 1. The maximum atomic E-state index is 13.2. The van der Waals surface area contributed by atoms with Gasteiger partial charge in [-0.3, -0.25) is 19.3 Å². The van der Waals surface area contributed by atoms with Crippen molar-refractivity contribution in [1.29, 1.82) is 0 Å². The van der Waals surface area contributed by atoms with Crippen LogP contribution < -0.4 is 90.9 Å². The van der Waals surface area contributed by atoms with Crippen LogP contribution in [0, 0.1) is 0 Å². The van der Waals surface area contributed by atoms with Crippen LogP contribution in [-0.4, -0.2) is 77.8 Å². The molecule has 0 unspecified atom stereocenters. The predicted molar refractivity (Wildman–Crippen MR) is 147 cm³/mol. The molecule has 2 aliphatic heterocycles. The third-order valence-corrected chi connectivity index (χ3v) is 8.18. The van der Waals surface area contributed by atoms with Gasteiger partial charge in [-0.2, -0.15) is 0 Å². The van der Waals surface area contributed by atoms with Crippen LogP contribution in [0.25, 0.3) is 6.08 Å². The molecular weight excluding hydrogens is 670 g/mol. The van der Waals surface area contributed by atoms with Gasteiger partial charge in [0.2, 0.25) is 0 Å². The molecular formula is C25H21N6Na2O11S2-. The second kappa shape index (κ2) is 15.6. The Morgan fingerprint density at radius 2 is 1.91 bits per heavy atom. The predicted octanol–water partition coefficient (Wildman–Crippen LogP) is -9.58. The van der Waals surface area contributed by atoms with Gasteiger partial charge in [0.25, 0.3) is 11.8 Å². The number of carbonyl (C=O) groups is 5. The maximum Gasteiger partial charge on any atom is 1.00 e. The number of allylic oxidation sites excluding steroid dienone is 1. The number of aromatic nitrogens is 2. The Hall–Kier alpha value is -3.17. The van der Waals surface area contributed by atoms with Crippen molar-refractivity contribution in [2.75, 3.05) is 11.5 Å². The van der Waals surface area contributed by atoms with E-state index in [2.05, 4.69) is 15.5 Å². The number of hydrogen-bond donors (Lipinski definition) is 3. The summed E-state index contributed by atoms with van der Waals surface area (Å²) in [5.74, 6) is -7.36. The van der Waals surface area contributed by atoms with E-state index in [-0.39, 0.29) is 87.0 Å². The molecule has 46 heavy (non-hydrogen) atoms. The smallest absolute Gasteiger partial charge is 0.869 e. The monoisotopic (exact) mass is 691 g/mol. The molecule has 0 bridgehead atoms. The number of anilines is 1. The van der Waals surface area contributed by atoms with E-state index in [9.17, 15) is 49.2 Å². The van der Waals surface area contributed by atoms with Crippen LogP contribution in [0.1, 0.15) is 25.2 Å². The normalized spacial score (nSPS) is 17.7. The maximum absolute atomic E-state index is 13.2. The number of nitrogens with two attached hydrogens (primary N) is 1. The standard InChI is InChI=1S/C25H24N6O11S2.2Na/c1-25(2,23(40)41)42-29-16(12-9-44-24(26)27-12)19(36)28-17-20(37)31-18(22(38)39)10(8-43-21(17)31)3-4-11-5-13(32)14(33)6-30(11)7-15(34)35;;/h3-6,9,17,21,33H,7-8H2,1-2H3,(H2,26,27)(H,28,36)(H,34,35)(H,38,39)(H,40,41);;/q;2*+1/p-3/b4-3+,29-16+;;/t17-,21-;;/m1../s1. The molecule has 0 aliphatic carbocycles. The Morgan fingerprint density at radius 1 is 1.24 bits per heavy atom. The van der Waals surface area contributed by atoms with E-state index in [0.29, 0.717) is 0 Å². The van der Waals surface area contributed by atoms with E-state index in [1.807, 2.05) is 0 Å². The Balaban J connectivity index is 0.00000368. The number of rotatable bonds is 11. The minimum atomic E-state index is -1.93. The molecule has 4 heterocycles. The van der Waals surface area contributed by atoms with E-state index in [1.165, 1.54) is 17.5 Å². The van der Waals surface area contributed by atoms with E-state index in [1.54, 1.807) is 0 Å². The first-order valence-corrected chi connectivity index (χ1v) is 14.2. The van der Waals surface area contributed by atoms with Gasteiger partial charge in [0.05, 0.1) is 18.5 Å². The van der Waals surface area contributed by atoms with Crippen LogP contribution in [0.3, 0.4) is 0 Å². The minimum absolute atomic E-state index is 0. The van der Waals surface area contributed by atoms with Crippen molar-refractivity contribution < 1.29 is 108 Å². The molecule has 232 valence electrons. The van der Waals surface area contributed by atoms with E-state index < -0.39 is 75.9 Å². The summed E-state index contributed by atoms with van der Waals surface area (Å²) in [7, 11) is 0. The quantitative estimate of drug-likeness (QED) is 0.0855. The summed E-state index contributed by atoms with van der Waals surface area (Å²) in [4.78, 5) is 82.6. The Kier molecular flexibility index (Phi) is 13.2. The Labute approximate surface area is 311 Å². The van der Waals surface area contributed by atoms with Crippen molar-refractivity contribution in [1.82, 2.24) is 19.8 Å². The van der Waals surface area contributed by atoms with Crippen LogP contribution in [0.4, 0.5) is 5.13 Å². The van der Waals surface area contributed by atoms with Gasteiger partial charge in [0, 0.05) is 29.1 Å². The largest absolute Gasteiger partial charge is 1.00 e. The van der Waals surface area contributed by atoms with Gasteiger partial charge < -0.3 is 50.5 Å². The van der Waals surface area contributed by atoms with Crippen molar-refractivity contribution in [2.45, 2.75) is 37.4 Å². The van der Waals surface area contributed by atoms with E-state index >= 15 is 0 Å². The zero-order chi connectivity index (χ0) is 32.5. The van der Waals surface area contributed by atoms with Crippen LogP contribution in [0.2, 0.25) is 0 Å². The van der Waals surface area contributed by atoms with Gasteiger partial charge >= 0.3 is 65.1 Å². The van der Waals surface area contributed by atoms with Gasteiger partial charge in [0.1, 0.15) is 22.8 Å². The van der Waals surface area contributed by atoms with Crippen LogP contribution in [0.5, 0.6) is 5.75 Å². The Bertz CT molecular complexity index is 1740. The SMILES string of the molecule is CC(C)(O/N=C(/C(=O)N[C@@H]1C(=O)N2C(C(=O)O)=C(/C=C/c3cc(=O)c([O-])cn3CC(=O)[O-])CS[C@H]12)c1csc(N)n1)C(=O)[O-].[Na+].[Na+]. The minimum Gasteiger partial charge on any atom is -0.869 e. The number of hydrogen-bond acceptors (Lipinski definition) is 15. The fraction of sp³-hybridized carbons (Fsp3) is 0.280. The molecule has 2 aromatic heterocycles. The average molecular weight is 692 g/mol. The molecule has 2 amide bonds. The Morgan fingerprint density at radius 3 is 2.48 bits per heavy atom. The zero-order valence-electron chi connectivity index (χ0n) is 24.7. The van der Waals surface area contributed by atoms with Crippen molar-refractivity contribution in [2.24, 2.45) is 5.16 Å². The summed E-state index contributed by atoms with van der Waals surface area (Å²) in [5.41, 5.74) is 1.90. The molecule has 2 aliphatic rings. The van der Waals surface area contributed by atoms with Crippen LogP contribution in [0.15, 0.2) is 44.9 Å². The van der Waals surface area contributed by atoms with Gasteiger partial charge in [0.15, 0.2) is 21.9 Å². The first-order valence-electron chi connectivity index (χ1n) is 12.3. The first kappa shape index (κ1) is 39.0. The molecule has 0 spiro atoms. The number of nitrogens with zero attached hydrogens (tertiary/aromatic N) is 4. The van der Waals surface area contributed by atoms with Crippen molar-refractivity contribution in [3.8, 4) is 5.75 Å².